The van der Waals surface area contributed by atoms with Gasteiger partial charge in [-0.25, -0.2) is 0 Å². The molecule has 0 saturated carbocycles. The molecule has 36 heavy (non-hydrogen) atoms. The maximum absolute atomic E-state index is 13.5. The number of nitrogens with zero attached hydrogens (tertiary/aromatic N) is 3. The Hall–Kier alpha value is -3.06. The number of carbonyl (C=O) groups is 6. The van der Waals surface area contributed by atoms with Crippen molar-refractivity contribution in [1.82, 2.24) is 25.3 Å². The van der Waals surface area contributed by atoms with Crippen LogP contribution in [0.3, 0.4) is 0 Å². The van der Waals surface area contributed by atoms with Crippen LogP contribution >= 0.6 is 0 Å². The molecule has 5 amide bonds. The smallest absolute Gasteiger partial charge is 0.246 e. The van der Waals surface area contributed by atoms with Crippen LogP contribution in [0.1, 0.15) is 45.4 Å². The summed E-state index contributed by atoms with van der Waals surface area (Å²) in [6.07, 6.45) is 4.42. The van der Waals surface area contributed by atoms with Crippen molar-refractivity contribution >= 4 is 35.8 Å². The van der Waals surface area contributed by atoms with E-state index in [4.69, 9.17) is 10.8 Å². The van der Waals surface area contributed by atoms with Crippen LogP contribution < -0.4 is 16.4 Å². The first-order valence-electron chi connectivity index (χ1n) is 12.5. The molecule has 0 radical (unpaired) electrons. The second-order valence-corrected chi connectivity index (χ2v) is 9.55. The van der Waals surface area contributed by atoms with Gasteiger partial charge in [0.2, 0.25) is 29.5 Å². The average molecular weight is 509 g/mol. The zero-order valence-electron chi connectivity index (χ0n) is 20.6. The van der Waals surface area contributed by atoms with Gasteiger partial charge in [-0.15, -0.1) is 0 Å². The van der Waals surface area contributed by atoms with Gasteiger partial charge in [0.25, 0.3) is 0 Å². The van der Waals surface area contributed by atoms with Crippen LogP contribution in [0.2, 0.25) is 0 Å². The monoisotopic (exact) mass is 508 g/mol. The summed E-state index contributed by atoms with van der Waals surface area (Å²) in [6, 6.07) is -3.91. The van der Waals surface area contributed by atoms with Gasteiger partial charge in [-0.05, 0) is 45.4 Å². The summed E-state index contributed by atoms with van der Waals surface area (Å²) in [7, 11) is 0. The largest absolute Gasteiger partial charge is 0.394 e. The van der Waals surface area contributed by atoms with Crippen LogP contribution in [0.4, 0.5) is 0 Å². The Labute approximate surface area is 209 Å². The molecule has 5 N–H and O–H groups in total. The van der Waals surface area contributed by atoms with Gasteiger partial charge in [0, 0.05) is 19.6 Å². The van der Waals surface area contributed by atoms with Crippen molar-refractivity contribution in [2.75, 3.05) is 32.8 Å². The molecule has 3 fully saturated rings. The van der Waals surface area contributed by atoms with E-state index in [2.05, 4.69) is 10.6 Å². The van der Waals surface area contributed by atoms with E-state index in [0.717, 1.165) is 12.7 Å². The number of hydrogen-bond acceptors (Lipinski definition) is 8. The third-order valence-electron chi connectivity index (χ3n) is 7.09. The van der Waals surface area contributed by atoms with Crippen molar-refractivity contribution in [2.24, 2.45) is 5.73 Å². The first-order chi connectivity index (χ1) is 17.2. The number of aldehydes is 1. The lowest BCUT2D eigenvalue weighted by atomic mass is 10.1. The fourth-order valence-corrected chi connectivity index (χ4v) is 5.15. The number of carbonyl (C=O) groups excluding carboxylic acids is 6. The molecular weight excluding hydrogens is 472 g/mol. The minimum atomic E-state index is -1.15. The molecule has 13 heteroatoms. The predicted octanol–water partition coefficient (Wildman–Crippen LogP) is -2.90. The summed E-state index contributed by atoms with van der Waals surface area (Å²) in [5.41, 5.74) is 5.38. The number of likely N-dealkylation sites (tertiary alicyclic amines) is 3. The number of amides is 5. The van der Waals surface area contributed by atoms with Gasteiger partial charge in [-0.1, -0.05) is 0 Å². The van der Waals surface area contributed by atoms with E-state index in [1.54, 1.807) is 9.80 Å². The van der Waals surface area contributed by atoms with Gasteiger partial charge in [-0.2, -0.15) is 0 Å². The molecule has 3 aliphatic rings. The topological polar surface area (TPSA) is 182 Å². The Balaban J connectivity index is 1.59. The fourth-order valence-electron chi connectivity index (χ4n) is 5.15. The third kappa shape index (κ3) is 6.01. The fraction of sp³-hybridized carbons (Fsp3) is 0.739. The first kappa shape index (κ1) is 27.5. The Morgan fingerprint density at radius 2 is 1.50 bits per heavy atom. The highest BCUT2D eigenvalue weighted by Gasteiger charge is 2.45. The number of hydrogen-bond donors (Lipinski definition) is 4. The first-order valence-corrected chi connectivity index (χ1v) is 12.5. The van der Waals surface area contributed by atoms with E-state index in [0.29, 0.717) is 51.7 Å². The number of nitrogens with two attached hydrogens (primary N) is 1. The molecule has 13 nitrogen and oxygen atoms in total. The molecule has 3 heterocycles. The molecule has 3 aliphatic heterocycles. The summed E-state index contributed by atoms with van der Waals surface area (Å²) >= 11 is 0. The van der Waals surface area contributed by atoms with Crippen LogP contribution in [0.15, 0.2) is 0 Å². The number of nitrogens with one attached hydrogen (secondary N) is 2. The number of aliphatic hydroxyl groups is 1. The molecule has 3 rings (SSSR count). The Morgan fingerprint density at radius 1 is 0.944 bits per heavy atom. The summed E-state index contributed by atoms with van der Waals surface area (Å²) in [4.78, 5) is 79.4. The van der Waals surface area contributed by atoms with Crippen molar-refractivity contribution in [1.29, 1.82) is 0 Å². The molecule has 3 saturated heterocycles. The van der Waals surface area contributed by atoms with Gasteiger partial charge >= 0.3 is 0 Å². The maximum atomic E-state index is 13.5. The van der Waals surface area contributed by atoms with Gasteiger partial charge in [0.1, 0.15) is 30.5 Å². The minimum Gasteiger partial charge on any atom is -0.394 e. The summed E-state index contributed by atoms with van der Waals surface area (Å²) < 4.78 is 0. The molecule has 5 atom stereocenters. The summed E-state index contributed by atoms with van der Waals surface area (Å²) in [5.74, 6) is -2.24. The second kappa shape index (κ2) is 12.3. The average Bonchev–Trinajstić information content (AvgIpc) is 3.65. The molecule has 200 valence electrons. The predicted molar refractivity (Wildman–Crippen MR) is 126 cm³/mol. The van der Waals surface area contributed by atoms with E-state index in [1.165, 1.54) is 11.8 Å². The lowest BCUT2D eigenvalue weighted by Crippen LogP contribution is -2.56. The number of aliphatic hydroxyl groups excluding tert-OH is 1. The van der Waals surface area contributed by atoms with Gasteiger partial charge in [0.15, 0.2) is 0 Å². The van der Waals surface area contributed by atoms with E-state index >= 15 is 0 Å². The zero-order chi connectivity index (χ0) is 26.4. The van der Waals surface area contributed by atoms with Crippen molar-refractivity contribution in [3.8, 4) is 0 Å². The minimum absolute atomic E-state index is 0.213. The van der Waals surface area contributed by atoms with Crippen LogP contribution in [0, 0.1) is 0 Å². The highest BCUT2D eigenvalue weighted by molar-refractivity contribution is 5.96. The van der Waals surface area contributed by atoms with Crippen molar-refractivity contribution in [3.05, 3.63) is 0 Å². The molecule has 0 unspecified atom stereocenters. The lowest BCUT2D eigenvalue weighted by Gasteiger charge is -2.34. The van der Waals surface area contributed by atoms with Crippen molar-refractivity contribution in [2.45, 2.75) is 75.7 Å². The quantitative estimate of drug-likeness (QED) is 0.239. The standard InChI is InChI=1S/C23H36N6O7/c1-14(26-19(32)11-25-20(33)16(24)13-31)21(34)28-9-3-7-18(28)23(36)29-10-4-6-17(29)22(35)27-8-2-5-15(27)12-30/h12,14-18,31H,2-11,13,24H2,1H3,(H,25,33)(H,26,32)/t14-,15-,16-,17-,18-/m0/s1. The summed E-state index contributed by atoms with van der Waals surface area (Å²) in [5, 5.41) is 13.7. The molecule has 0 aromatic heterocycles. The Morgan fingerprint density at radius 3 is 2.14 bits per heavy atom. The van der Waals surface area contributed by atoms with E-state index in [1.807, 2.05) is 0 Å². The highest BCUT2D eigenvalue weighted by Crippen LogP contribution is 2.28. The van der Waals surface area contributed by atoms with Crippen LogP contribution in [-0.4, -0.2) is 119 Å². The van der Waals surface area contributed by atoms with Gasteiger partial charge < -0.3 is 41.0 Å². The van der Waals surface area contributed by atoms with Gasteiger partial charge in [-0.3, -0.25) is 24.0 Å². The van der Waals surface area contributed by atoms with Gasteiger partial charge in [0.05, 0.1) is 19.2 Å². The molecule has 0 aliphatic carbocycles. The second-order valence-electron chi connectivity index (χ2n) is 9.55. The molecular formula is C23H36N6O7. The van der Waals surface area contributed by atoms with Crippen molar-refractivity contribution in [3.63, 3.8) is 0 Å². The van der Waals surface area contributed by atoms with E-state index in [-0.39, 0.29) is 11.8 Å². The lowest BCUT2D eigenvalue weighted by molar-refractivity contribution is -0.150. The zero-order valence-corrected chi connectivity index (χ0v) is 20.6. The Kier molecular flexibility index (Phi) is 9.37. The molecule has 0 bridgehead atoms. The number of rotatable bonds is 9. The highest BCUT2D eigenvalue weighted by atomic mass is 16.3. The maximum Gasteiger partial charge on any atom is 0.246 e. The van der Waals surface area contributed by atoms with Crippen LogP contribution in [0.5, 0.6) is 0 Å². The van der Waals surface area contributed by atoms with E-state index < -0.39 is 61.1 Å². The normalized spacial score (nSPS) is 25.4. The van der Waals surface area contributed by atoms with Crippen LogP contribution in [-0.2, 0) is 28.8 Å². The molecule has 0 aromatic carbocycles. The van der Waals surface area contributed by atoms with Crippen molar-refractivity contribution < 1.29 is 33.9 Å². The SMILES string of the molecule is C[C@H](NC(=O)CNC(=O)[C@@H](N)CO)C(=O)N1CCC[C@H]1C(=O)N1CCC[C@H]1C(=O)N1CCC[C@H]1C=O. The molecule has 0 spiro atoms. The third-order valence-corrected chi connectivity index (χ3v) is 7.09. The Bertz CT molecular complexity index is 883. The van der Waals surface area contributed by atoms with E-state index in [9.17, 15) is 28.8 Å². The summed E-state index contributed by atoms with van der Waals surface area (Å²) in [6.45, 7) is 1.78. The van der Waals surface area contributed by atoms with Crippen LogP contribution in [0.25, 0.3) is 0 Å². The molecule has 0 aromatic rings.